The Hall–Kier alpha value is -2.85. The smallest absolute Gasteiger partial charge is 0.227 e. The maximum Gasteiger partial charge on any atom is 0.227 e. The lowest BCUT2D eigenvalue weighted by Gasteiger charge is -2.24. The van der Waals surface area contributed by atoms with Gasteiger partial charge in [-0.2, -0.15) is 0 Å². The number of pyridine rings is 1. The average Bonchev–Trinajstić information content (AvgIpc) is 3.24. The molecule has 0 amide bonds. The lowest BCUT2D eigenvalue weighted by Crippen LogP contribution is -2.27. The summed E-state index contributed by atoms with van der Waals surface area (Å²) in [6.45, 7) is 10.2. The standard InChI is InChI=1S/C26H32ClN7OSi/c1-33-8-7-22-19(15-33)11-20(13-28-22)31-26-29-14-21(27)25(32-26)18-5-6-24-23(12-18)30-16-34(24)17-35-9-10-36(2,3)4/h5-6,11-14,16H,7-10,15,17H2,1-4H3,(H,29,31,32). The summed E-state index contributed by atoms with van der Waals surface area (Å²) in [6.07, 6.45) is 6.25. The van der Waals surface area contributed by atoms with Crippen LogP contribution in [0.1, 0.15) is 11.3 Å². The number of likely N-dealkylation sites (N-methyl/N-ethyl adjacent to an activating group) is 1. The normalized spacial score (nSPS) is 14.2. The minimum Gasteiger partial charge on any atom is -0.361 e. The van der Waals surface area contributed by atoms with Crippen LogP contribution in [0.2, 0.25) is 30.7 Å². The van der Waals surface area contributed by atoms with E-state index in [0.29, 0.717) is 23.4 Å². The Morgan fingerprint density at radius 2 is 1.97 bits per heavy atom. The highest BCUT2D eigenvalue weighted by atomic mass is 35.5. The number of halogens is 1. The van der Waals surface area contributed by atoms with Crippen LogP contribution in [0.15, 0.2) is 43.0 Å². The number of nitrogens with zero attached hydrogens (tertiary/aromatic N) is 6. The quantitative estimate of drug-likeness (QED) is 0.239. The zero-order valence-electron chi connectivity index (χ0n) is 21.3. The van der Waals surface area contributed by atoms with Gasteiger partial charge in [0.2, 0.25) is 5.95 Å². The van der Waals surface area contributed by atoms with E-state index in [1.165, 1.54) is 5.56 Å². The van der Waals surface area contributed by atoms with Crippen LogP contribution in [0.3, 0.4) is 0 Å². The molecule has 8 nitrogen and oxygen atoms in total. The number of ether oxygens (including phenoxy) is 1. The van der Waals surface area contributed by atoms with Gasteiger partial charge in [-0.25, -0.2) is 15.0 Å². The lowest BCUT2D eigenvalue weighted by atomic mass is 10.1. The van der Waals surface area contributed by atoms with E-state index in [9.17, 15) is 0 Å². The van der Waals surface area contributed by atoms with Gasteiger partial charge < -0.3 is 19.5 Å². The molecule has 0 saturated carbocycles. The molecule has 4 aromatic rings. The summed E-state index contributed by atoms with van der Waals surface area (Å²) in [7, 11) is 1.02. The van der Waals surface area contributed by atoms with Gasteiger partial charge >= 0.3 is 0 Å². The van der Waals surface area contributed by atoms with E-state index >= 15 is 0 Å². The summed E-state index contributed by atoms with van der Waals surface area (Å²) in [5.41, 5.74) is 6.67. The van der Waals surface area contributed by atoms with Crippen LogP contribution in [0, 0.1) is 0 Å². The molecule has 188 valence electrons. The molecule has 0 atom stereocenters. The molecule has 1 aromatic carbocycles. The molecule has 3 aromatic heterocycles. The molecule has 0 saturated heterocycles. The van der Waals surface area contributed by atoms with E-state index in [-0.39, 0.29) is 0 Å². The minimum atomic E-state index is -1.11. The van der Waals surface area contributed by atoms with E-state index in [2.05, 4.69) is 57.9 Å². The number of fused-ring (bicyclic) bond motifs is 2. The fourth-order valence-corrected chi connectivity index (χ4v) is 5.21. The molecule has 1 aliphatic rings. The first-order valence-electron chi connectivity index (χ1n) is 12.2. The van der Waals surface area contributed by atoms with Crippen LogP contribution >= 0.6 is 11.6 Å². The van der Waals surface area contributed by atoms with Crippen molar-refractivity contribution in [3.63, 3.8) is 0 Å². The van der Waals surface area contributed by atoms with Crippen molar-refractivity contribution in [2.75, 3.05) is 25.5 Å². The predicted molar refractivity (Wildman–Crippen MR) is 147 cm³/mol. The zero-order chi connectivity index (χ0) is 25.3. The summed E-state index contributed by atoms with van der Waals surface area (Å²) in [4.78, 5) is 20.6. The van der Waals surface area contributed by atoms with Gasteiger partial charge in [0, 0.05) is 45.4 Å². The first-order valence-corrected chi connectivity index (χ1v) is 16.3. The molecule has 36 heavy (non-hydrogen) atoms. The van der Waals surface area contributed by atoms with Crippen molar-refractivity contribution in [3.05, 3.63) is 59.3 Å². The first kappa shape index (κ1) is 24.8. The molecule has 1 N–H and O–H groups in total. The summed E-state index contributed by atoms with van der Waals surface area (Å²) >= 11 is 6.51. The maximum atomic E-state index is 6.51. The highest BCUT2D eigenvalue weighted by Gasteiger charge is 2.16. The Kier molecular flexibility index (Phi) is 7.07. The van der Waals surface area contributed by atoms with Crippen LogP contribution in [-0.2, 0) is 24.4 Å². The van der Waals surface area contributed by atoms with Crippen LogP contribution in [0.5, 0.6) is 0 Å². The zero-order valence-corrected chi connectivity index (χ0v) is 23.0. The largest absolute Gasteiger partial charge is 0.361 e. The third kappa shape index (κ3) is 5.75. The molecule has 0 fully saturated rings. The molecular weight excluding hydrogens is 490 g/mol. The van der Waals surface area contributed by atoms with Crippen LogP contribution in [0.25, 0.3) is 22.3 Å². The maximum absolute atomic E-state index is 6.51. The van der Waals surface area contributed by atoms with Crippen molar-refractivity contribution < 1.29 is 4.74 Å². The Morgan fingerprint density at radius 1 is 1.11 bits per heavy atom. The monoisotopic (exact) mass is 521 g/mol. The van der Waals surface area contributed by atoms with Gasteiger partial charge in [-0.05, 0) is 36.9 Å². The van der Waals surface area contributed by atoms with Gasteiger partial charge in [-0.1, -0.05) is 37.3 Å². The summed E-state index contributed by atoms with van der Waals surface area (Å²) in [5, 5.41) is 3.78. The number of anilines is 2. The molecule has 1 aliphatic heterocycles. The molecule has 0 aliphatic carbocycles. The molecule has 0 radical (unpaired) electrons. The van der Waals surface area contributed by atoms with Crippen molar-refractivity contribution in [2.24, 2.45) is 0 Å². The van der Waals surface area contributed by atoms with Gasteiger partial charge in [0.05, 0.1) is 46.2 Å². The highest BCUT2D eigenvalue weighted by molar-refractivity contribution is 6.76. The lowest BCUT2D eigenvalue weighted by molar-refractivity contribution is 0.0898. The number of rotatable bonds is 8. The number of hydrogen-bond acceptors (Lipinski definition) is 7. The van der Waals surface area contributed by atoms with Crippen LogP contribution < -0.4 is 5.32 Å². The van der Waals surface area contributed by atoms with Crippen molar-refractivity contribution >= 4 is 42.3 Å². The molecule has 0 unspecified atom stereocenters. The van der Waals surface area contributed by atoms with E-state index in [0.717, 1.165) is 60.1 Å². The van der Waals surface area contributed by atoms with Crippen molar-refractivity contribution in [1.82, 2.24) is 29.4 Å². The second-order valence-corrected chi connectivity index (χ2v) is 16.6. The Bertz CT molecular complexity index is 1380. The van der Waals surface area contributed by atoms with Gasteiger partial charge in [-0.3, -0.25) is 4.98 Å². The number of aromatic nitrogens is 5. The topological polar surface area (TPSA) is 81.0 Å². The highest BCUT2D eigenvalue weighted by Crippen LogP contribution is 2.30. The van der Waals surface area contributed by atoms with Gasteiger partial charge in [0.15, 0.2) is 0 Å². The number of hydrogen-bond donors (Lipinski definition) is 1. The second-order valence-electron chi connectivity index (χ2n) is 10.6. The number of nitrogens with one attached hydrogen (secondary N) is 1. The fraction of sp³-hybridized carbons (Fsp3) is 0.385. The van der Waals surface area contributed by atoms with Gasteiger partial charge in [-0.15, -0.1) is 0 Å². The third-order valence-corrected chi connectivity index (χ3v) is 8.33. The van der Waals surface area contributed by atoms with Crippen molar-refractivity contribution in [1.29, 1.82) is 0 Å². The third-order valence-electron chi connectivity index (χ3n) is 6.35. The molecule has 0 spiro atoms. The molecular formula is C26H32ClN7OSi. The summed E-state index contributed by atoms with van der Waals surface area (Å²) in [5.74, 6) is 0.474. The van der Waals surface area contributed by atoms with Crippen molar-refractivity contribution in [2.45, 2.75) is 45.4 Å². The SMILES string of the molecule is CN1CCc2ncc(Nc3ncc(Cl)c(-c4ccc5c(c4)ncn5COCC[Si](C)(C)C)n3)cc2C1. The first-order chi connectivity index (χ1) is 17.2. The van der Waals surface area contributed by atoms with Crippen molar-refractivity contribution in [3.8, 4) is 11.3 Å². The second kappa shape index (κ2) is 10.3. The molecule has 0 bridgehead atoms. The number of imidazole rings is 1. The Morgan fingerprint density at radius 3 is 2.81 bits per heavy atom. The Balaban J connectivity index is 1.33. The molecule has 4 heterocycles. The predicted octanol–water partition coefficient (Wildman–Crippen LogP) is 5.59. The summed E-state index contributed by atoms with van der Waals surface area (Å²) in [6, 6.07) is 9.32. The van der Waals surface area contributed by atoms with Gasteiger partial charge in [0.25, 0.3) is 0 Å². The van der Waals surface area contributed by atoms with Crippen LogP contribution in [-0.4, -0.2) is 57.7 Å². The van der Waals surface area contributed by atoms with E-state index < -0.39 is 8.07 Å². The number of benzene rings is 1. The van der Waals surface area contributed by atoms with E-state index in [1.54, 1.807) is 6.20 Å². The summed E-state index contributed by atoms with van der Waals surface area (Å²) < 4.78 is 7.94. The van der Waals surface area contributed by atoms with Gasteiger partial charge in [0.1, 0.15) is 6.73 Å². The van der Waals surface area contributed by atoms with E-state index in [1.807, 2.05) is 35.3 Å². The Labute approximate surface area is 217 Å². The molecule has 5 rings (SSSR count). The average molecular weight is 522 g/mol. The fourth-order valence-electron chi connectivity index (χ4n) is 4.25. The minimum absolute atomic E-state index is 0.474. The van der Waals surface area contributed by atoms with E-state index in [4.69, 9.17) is 21.3 Å². The molecule has 10 heteroatoms. The van der Waals surface area contributed by atoms with Crippen LogP contribution in [0.4, 0.5) is 11.6 Å².